The number of nitrogens with zero attached hydrogens (tertiary/aromatic N) is 5. The number of aryl methyl sites for hydroxylation is 1. The maximum Gasteiger partial charge on any atom is 0.251 e. The molecule has 8 nitrogen and oxygen atoms in total. The lowest BCUT2D eigenvalue weighted by molar-refractivity contribution is 0.0950. The van der Waals surface area contributed by atoms with Crippen LogP contribution in [0.5, 0.6) is 0 Å². The average Bonchev–Trinajstić information content (AvgIpc) is 3.24. The van der Waals surface area contributed by atoms with Crippen LogP contribution in [0.4, 0.5) is 0 Å². The van der Waals surface area contributed by atoms with E-state index in [9.17, 15) is 4.79 Å². The summed E-state index contributed by atoms with van der Waals surface area (Å²) in [4.78, 5) is 12.3. The van der Waals surface area contributed by atoms with Crippen LogP contribution in [0.1, 0.15) is 51.9 Å². The summed E-state index contributed by atoms with van der Waals surface area (Å²) in [6.07, 6.45) is 2.43. The third-order valence-corrected chi connectivity index (χ3v) is 4.35. The quantitative estimate of drug-likeness (QED) is 0.711. The minimum Gasteiger partial charge on any atom is -0.346 e. The van der Waals surface area contributed by atoms with Gasteiger partial charge in [-0.25, -0.2) is 4.68 Å². The van der Waals surface area contributed by atoms with Gasteiger partial charge in [-0.2, -0.15) is 5.10 Å². The molecule has 128 valence electrons. The van der Waals surface area contributed by atoms with E-state index in [2.05, 4.69) is 31.0 Å². The number of hydrogen-bond donors (Lipinski definition) is 2. The number of carbonyl (C=O) groups excluding carboxylic acids is 1. The zero-order chi connectivity index (χ0) is 17.2. The zero-order valence-electron chi connectivity index (χ0n) is 13.9. The number of benzene rings is 1. The minimum absolute atomic E-state index is 0.104. The van der Waals surface area contributed by atoms with Crippen LogP contribution in [0.25, 0.3) is 0 Å². The Bertz CT molecular complexity index is 877. The van der Waals surface area contributed by atoms with Crippen LogP contribution in [-0.4, -0.2) is 36.3 Å². The zero-order valence-corrected chi connectivity index (χ0v) is 13.9. The first-order valence-electron chi connectivity index (χ1n) is 8.33. The molecule has 2 heterocycles. The van der Waals surface area contributed by atoms with Crippen molar-refractivity contribution in [3.63, 3.8) is 0 Å². The summed E-state index contributed by atoms with van der Waals surface area (Å²) in [5, 5.41) is 21.6. The molecule has 0 unspecified atom stereocenters. The number of hydrogen-bond acceptors (Lipinski definition) is 5. The Morgan fingerprint density at radius 3 is 2.80 bits per heavy atom. The van der Waals surface area contributed by atoms with E-state index in [4.69, 9.17) is 0 Å². The highest BCUT2D eigenvalue weighted by molar-refractivity contribution is 5.94. The lowest BCUT2D eigenvalue weighted by atomic mass is 10.1. The van der Waals surface area contributed by atoms with Crippen molar-refractivity contribution in [2.75, 3.05) is 0 Å². The summed E-state index contributed by atoms with van der Waals surface area (Å²) in [5.74, 6) is 1.26. The van der Waals surface area contributed by atoms with Gasteiger partial charge in [0, 0.05) is 11.5 Å². The molecule has 25 heavy (non-hydrogen) atoms. The van der Waals surface area contributed by atoms with Crippen LogP contribution >= 0.6 is 0 Å². The Hall–Kier alpha value is -3.03. The summed E-state index contributed by atoms with van der Waals surface area (Å²) in [5.41, 5.74) is 3.70. The predicted molar refractivity (Wildman–Crippen MR) is 89.8 cm³/mol. The van der Waals surface area contributed by atoms with E-state index in [1.807, 2.05) is 37.3 Å². The van der Waals surface area contributed by atoms with Crippen LogP contribution in [-0.2, 0) is 13.1 Å². The molecule has 8 heteroatoms. The highest BCUT2D eigenvalue weighted by Crippen LogP contribution is 2.38. The van der Waals surface area contributed by atoms with Crippen LogP contribution < -0.4 is 5.32 Å². The van der Waals surface area contributed by atoms with Crippen molar-refractivity contribution in [1.29, 1.82) is 0 Å². The van der Waals surface area contributed by atoms with Gasteiger partial charge in [-0.3, -0.25) is 9.89 Å². The monoisotopic (exact) mass is 337 g/mol. The molecule has 4 rings (SSSR count). The van der Waals surface area contributed by atoms with Crippen molar-refractivity contribution in [3.8, 4) is 0 Å². The predicted octanol–water partition coefficient (Wildman–Crippen LogP) is 1.56. The molecule has 1 aliphatic carbocycles. The molecule has 1 saturated carbocycles. The van der Waals surface area contributed by atoms with Gasteiger partial charge in [0.1, 0.15) is 5.82 Å². The molecule has 0 aliphatic heterocycles. The number of carbonyl (C=O) groups is 1. The molecule has 0 saturated heterocycles. The summed E-state index contributed by atoms with van der Waals surface area (Å²) < 4.78 is 1.71. The maximum atomic E-state index is 12.3. The molecule has 3 aromatic rings. The Kier molecular flexibility index (Phi) is 4.01. The fraction of sp³-hybridized carbons (Fsp3) is 0.353. The fourth-order valence-electron chi connectivity index (χ4n) is 2.67. The summed E-state index contributed by atoms with van der Waals surface area (Å²) >= 11 is 0. The van der Waals surface area contributed by atoms with E-state index < -0.39 is 0 Å². The fourth-order valence-corrected chi connectivity index (χ4v) is 2.67. The molecule has 0 radical (unpaired) electrons. The molecular formula is C17H19N7O. The summed E-state index contributed by atoms with van der Waals surface area (Å²) in [6.45, 7) is 2.88. The van der Waals surface area contributed by atoms with Crippen LogP contribution in [0.3, 0.4) is 0 Å². The summed E-state index contributed by atoms with van der Waals surface area (Å²) in [6, 6.07) is 9.49. The van der Waals surface area contributed by atoms with E-state index in [-0.39, 0.29) is 5.91 Å². The van der Waals surface area contributed by atoms with Crippen molar-refractivity contribution < 1.29 is 4.79 Å². The Morgan fingerprint density at radius 1 is 1.32 bits per heavy atom. The van der Waals surface area contributed by atoms with Crippen LogP contribution in [0.2, 0.25) is 0 Å². The number of H-pyrrole nitrogens is 1. The lowest BCUT2D eigenvalue weighted by Gasteiger charge is -2.06. The Morgan fingerprint density at radius 2 is 2.12 bits per heavy atom. The second kappa shape index (κ2) is 6.46. The third kappa shape index (κ3) is 3.57. The number of rotatable bonds is 6. The molecule has 0 bridgehead atoms. The van der Waals surface area contributed by atoms with Gasteiger partial charge in [-0.15, -0.1) is 5.10 Å². The van der Waals surface area contributed by atoms with Gasteiger partial charge in [-0.05, 0) is 54.0 Å². The van der Waals surface area contributed by atoms with Crippen molar-refractivity contribution >= 4 is 5.91 Å². The Labute approximate surface area is 144 Å². The molecule has 1 aliphatic rings. The normalized spacial score (nSPS) is 13.8. The van der Waals surface area contributed by atoms with Gasteiger partial charge in [0.05, 0.1) is 24.5 Å². The molecule has 1 fully saturated rings. The highest BCUT2D eigenvalue weighted by Gasteiger charge is 2.26. The molecule has 0 spiro atoms. The molecule has 1 amide bonds. The standard InChI is InChI=1S/C17H19N7O/c1-11-19-22-23-24(11)10-12-2-4-14(5-3-12)17(25)18-9-15-8-16(21-20-15)13-6-7-13/h2-5,8,13H,6-7,9-10H2,1H3,(H,18,25)(H,20,21). The second-order valence-corrected chi connectivity index (χ2v) is 6.36. The van der Waals surface area contributed by atoms with E-state index >= 15 is 0 Å². The Balaban J connectivity index is 1.34. The van der Waals surface area contributed by atoms with Gasteiger partial charge in [0.25, 0.3) is 5.91 Å². The molecular weight excluding hydrogens is 318 g/mol. The van der Waals surface area contributed by atoms with Gasteiger partial charge in [0.15, 0.2) is 0 Å². The lowest BCUT2D eigenvalue weighted by Crippen LogP contribution is -2.23. The SMILES string of the molecule is Cc1nnnn1Cc1ccc(C(=O)NCc2cc(C3CC3)n[nH]2)cc1. The number of aromatic nitrogens is 6. The van der Waals surface area contributed by atoms with Crippen LogP contribution in [0.15, 0.2) is 30.3 Å². The minimum atomic E-state index is -0.104. The molecule has 2 N–H and O–H groups in total. The van der Waals surface area contributed by atoms with E-state index in [0.717, 1.165) is 22.8 Å². The van der Waals surface area contributed by atoms with E-state index in [0.29, 0.717) is 24.6 Å². The molecule has 0 atom stereocenters. The number of tetrazole rings is 1. The topological polar surface area (TPSA) is 101 Å². The average molecular weight is 337 g/mol. The van der Waals surface area contributed by atoms with Crippen molar-refractivity contribution in [2.24, 2.45) is 0 Å². The highest BCUT2D eigenvalue weighted by atomic mass is 16.1. The van der Waals surface area contributed by atoms with Gasteiger partial charge in [-0.1, -0.05) is 12.1 Å². The van der Waals surface area contributed by atoms with Crippen LogP contribution in [0, 0.1) is 6.92 Å². The van der Waals surface area contributed by atoms with Gasteiger partial charge in [0.2, 0.25) is 0 Å². The summed E-state index contributed by atoms with van der Waals surface area (Å²) in [7, 11) is 0. The number of amides is 1. The first-order chi connectivity index (χ1) is 12.2. The van der Waals surface area contributed by atoms with Crippen molar-refractivity contribution in [2.45, 2.75) is 38.8 Å². The maximum absolute atomic E-state index is 12.3. The number of aromatic amines is 1. The van der Waals surface area contributed by atoms with Crippen molar-refractivity contribution in [1.82, 2.24) is 35.7 Å². The third-order valence-electron chi connectivity index (χ3n) is 4.35. The molecule has 2 aromatic heterocycles. The largest absolute Gasteiger partial charge is 0.346 e. The van der Waals surface area contributed by atoms with Crippen molar-refractivity contribution in [3.05, 3.63) is 58.7 Å². The van der Waals surface area contributed by atoms with Gasteiger partial charge >= 0.3 is 0 Å². The van der Waals surface area contributed by atoms with E-state index in [1.54, 1.807) is 4.68 Å². The van der Waals surface area contributed by atoms with E-state index in [1.165, 1.54) is 12.8 Å². The molecule has 1 aromatic carbocycles. The second-order valence-electron chi connectivity index (χ2n) is 6.36. The van der Waals surface area contributed by atoms with Gasteiger partial charge < -0.3 is 5.32 Å². The smallest absolute Gasteiger partial charge is 0.251 e. The first kappa shape index (κ1) is 15.5. The first-order valence-corrected chi connectivity index (χ1v) is 8.33. The number of nitrogens with one attached hydrogen (secondary N) is 2.